The number of hydrogen-bond donors (Lipinski definition) is 1. The molecule has 6 heteroatoms. The van der Waals surface area contributed by atoms with Gasteiger partial charge in [-0.05, 0) is 18.9 Å². The lowest BCUT2D eigenvalue weighted by molar-refractivity contribution is -0.137. The van der Waals surface area contributed by atoms with Crippen LogP contribution in [0.2, 0.25) is 0 Å². The van der Waals surface area contributed by atoms with E-state index in [1.165, 1.54) is 6.08 Å². The maximum absolute atomic E-state index is 13.3. The van der Waals surface area contributed by atoms with E-state index in [-0.39, 0.29) is 23.9 Å². The summed E-state index contributed by atoms with van der Waals surface area (Å²) in [5, 5.41) is 2.17. The molecule has 4 unspecified atom stereocenters. The van der Waals surface area contributed by atoms with Gasteiger partial charge in [-0.3, -0.25) is 10.2 Å². The number of halogens is 1. The highest BCUT2D eigenvalue weighted by Gasteiger charge is 2.46. The second kappa shape index (κ2) is 6.80. The Labute approximate surface area is 152 Å². The molecule has 3 aliphatic heterocycles. The van der Waals surface area contributed by atoms with Crippen molar-refractivity contribution in [3.05, 3.63) is 53.3 Å². The number of benzene rings is 1. The molecule has 0 saturated carbocycles. The van der Waals surface area contributed by atoms with E-state index in [4.69, 9.17) is 0 Å². The zero-order valence-corrected chi connectivity index (χ0v) is 15.0. The number of hydrogen-bond acceptors (Lipinski definition) is 4. The molecule has 3 aliphatic rings. The molecule has 0 aliphatic carbocycles. The summed E-state index contributed by atoms with van der Waals surface area (Å²) in [5.41, 5.74) is 8.94. The van der Waals surface area contributed by atoms with Crippen molar-refractivity contribution in [2.75, 3.05) is 13.6 Å². The number of carbonyl (C=O) groups excluding carboxylic acids is 1. The first-order valence-electron chi connectivity index (χ1n) is 9.04. The number of nitrogens with zero attached hydrogens (tertiary/aromatic N) is 3. The first kappa shape index (κ1) is 17.2. The van der Waals surface area contributed by atoms with Gasteiger partial charge >= 0.3 is 0 Å². The zero-order valence-electron chi connectivity index (χ0n) is 15.0. The molecule has 1 amide bonds. The molecule has 4 rings (SSSR count). The number of carbonyl (C=O) groups is 1. The fraction of sp³-hybridized carbons (Fsp3) is 0.450. The van der Waals surface area contributed by atoms with Crippen LogP contribution in [0.3, 0.4) is 0 Å². The lowest BCUT2D eigenvalue weighted by atomic mass is 9.88. The largest absolute Gasteiger partial charge is 0.345 e. The predicted octanol–water partition coefficient (Wildman–Crippen LogP) is 2.05. The van der Waals surface area contributed by atoms with Gasteiger partial charge in [0.25, 0.3) is 0 Å². The molecular weight excluding hydrogens is 331 g/mol. The van der Waals surface area contributed by atoms with Gasteiger partial charge in [0.2, 0.25) is 12.2 Å². The normalized spacial score (nSPS) is 31.3. The van der Waals surface area contributed by atoms with Crippen molar-refractivity contribution in [3.8, 4) is 0 Å². The van der Waals surface area contributed by atoms with Gasteiger partial charge in [-0.25, -0.2) is 14.4 Å². The van der Waals surface area contributed by atoms with Gasteiger partial charge in [0.15, 0.2) is 0 Å². The maximum atomic E-state index is 13.3. The molecule has 3 heterocycles. The molecule has 0 aromatic heterocycles. The van der Waals surface area contributed by atoms with Crippen LogP contribution in [0.4, 0.5) is 4.39 Å². The van der Waals surface area contributed by atoms with Crippen molar-refractivity contribution in [2.45, 2.75) is 38.3 Å². The van der Waals surface area contributed by atoms with Gasteiger partial charge in [0.1, 0.15) is 0 Å². The summed E-state index contributed by atoms with van der Waals surface area (Å²) in [6.07, 6.45) is 2.67. The summed E-state index contributed by atoms with van der Waals surface area (Å²) in [6, 6.07) is 8.35. The molecule has 0 radical (unpaired) electrons. The van der Waals surface area contributed by atoms with E-state index < -0.39 is 6.30 Å². The molecule has 2 fully saturated rings. The van der Waals surface area contributed by atoms with Crippen LogP contribution in [0.1, 0.15) is 24.5 Å². The number of alkyl halides is 1. The predicted molar refractivity (Wildman–Crippen MR) is 98.2 cm³/mol. The molecule has 136 valence electrons. The Morgan fingerprint density at radius 3 is 2.85 bits per heavy atom. The van der Waals surface area contributed by atoms with Crippen molar-refractivity contribution in [1.82, 2.24) is 15.3 Å². The second-order valence-corrected chi connectivity index (χ2v) is 7.24. The van der Waals surface area contributed by atoms with Gasteiger partial charge in [0.05, 0.1) is 11.6 Å². The molecule has 4 atom stereocenters. The number of rotatable bonds is 3. The minimum Gasteiger partial charge on any atom is -0.345 e. The van der Waals surface area contributed by atoms with E-state index in [2.05, 4.69) is 28.1 Å². The third-order valence-corrected chi connectivity index (χ3v) is 5.53. The number of fused-ring (bicyclic) bond motifs is 1. The van der Waals surface area contributed by atoms with Crippen LogP contribution in [-0.4, -0.2) is 53.5 Å². The van der Waals surface area contributed by atoms with Crippen LogP contribution < -0.4 is 5.43 Å². The van der Waals surface area contributed by atoms with Crippen LogP contribution in [0.15, 0.2) is 47.1 Å². The Morgan fingerprint density at radius 1 is 1.35 bits per heavy atom. The second-order valence-electron chi connectivity index (χ2n) is 7.24. The Morgan fingerprint density at radius 2 is 2.12 bits per heavy atom. The van der Waals surface area contributed by atoms with E-state index in [1.807, 2.05) is 36.2 Å². The Bertz CT molecular complexity index is 797. The average Bonchev–Trinajstić information content (AvgIpc) is 2.95. The van der Waals surface area contributed by atoms with E-state index in [1.54, 1.807) is 6.08 Å². The third-order valence-electron chi connectivity index (χ3n) is 5.53. The summed E-state index contributed by atoms with van der Waals surface area (Å²) in [4.78, 5) is 18.3. The van der Waals surface area contributed by atoms with E-state index in [0.29, 0.717) is 5.71 Å². The van der Waals surface area contributed by atoms with Crippen LogP contribution in [0.5, 0.6) is 0 Å². The van der Waals surface area contributed by atoms with Gasteiger partial charge in [-0.15, -0.1) is 5.73 Å². The molecule has 26 heavy (non-hydrogen) atoms. The SMILES string of the molecule is CC1C2C(=O)N(C)CCC2NN1Cc1ccc(C2=NC(F)C=C=C2)cc1. The molecule has 0 bridgehead atoms. The van der Waals surface area contributed by atoms with Gasteiger partial charge < -0.3 is 4.90 Å². The third kappa shape index (κ3) is 3.12. The number of amides is 1. The molecular formula is C20H23FN4O. The summed E-state index contributed by atoms with van der Waals surface area (Å²) < 4.78 is 13.3. The van der Waals surface area contributed by atoms with Crippen molar-refractivity contribution in [2.24, 2.45) is 10.9 Å². The minimum absolute atomic E-state index is 0.0167. The summed E-state index contributed by atoms with van der Waals surface area (Å²) in [7, 11) is 1.88. The first-order chi connectivity index (χ1) is 12.5. The standard InChI is InChI=1S/C20H23FN4O/c1-13-19-17(10-11-24(2)20(19)26)23-25(13)12-14-6-8-15(9-7-14)16-4-3-5-18(21)22-16/h4-9,13,17-19,23H,10-12H2,1-2H3. The summed E-state index contributed by atoms with van der Waals surface area (Å²) >= 11 is 0. The molecule has 0 spiro atoms. The molecule has 5 nitrogen and oxygen atoms in total. The van der Waals surface area contributed by atoms with Gasteiger partial charge in [0, 0.05) is 49.9 Å². The average molecular weight is 354 g/mol. The fourth-order valence-electron chi connectivity index (χ4n) is 4.00. The quantitative estimate of drug-likeness (QED) is 0.668. The maximum Gasteiger partial charge on any atom is 0.228 e. The number of hydrazine groups is 1. The number of aliphatic imine (C=N–C) groups is 1. The summed E-state index contributed by atoms with van der Waals surface area (Å²) in [6.45, 7) is 3.64. The van der Waals surface area contributed by atoms with E-state index >= 15 is 0 Å². The molecule has 1 N–H and O–H groups in total. The van der Waals surface area contributed by atoms with Gasteiger partial charge in [-0.2, -0.15) is 0 Å². The molecule has 1 aromatic carbocycles. The number of nitrogens with one attached hydrogen (secondary N) is 1. The van der Waals surface area contributed by atoms with Crippen molar-refractivity contribution >= 4 is 11.6 Å². The zero-order chi connectivity index (χ0) is 18.3. The van der Waals surface area contributed by atoms with Crippen molar-refractivity contribution in [1.29, 1.82) is 0 Å². The Kier molecular flexibility index (Phi) is 4.49. The highest BCUT2D eigenvalue weighted by Crippen LogP contribution is 2.30. The van der Waals surface area contributed by atoms with Crippen LogP contribution in [0, 0.1) is 5.92 Å². The van der Waals surface area contributed by atoms with Crippen LogP contribution in [0.25, 0.3) is 0 Å². The smallest absolute Gasteiger partial charge is 0.228 e. The van der Waals surface area contributed by atoms with Gasteiger partial charge in [-0.1, -0.05) is 24.3 Å². The van der Waals surface area contributed by atoms with E-state index in [0.717, 1.165) is 30.6 Å². The van der Waals surface area contributed by atoms with Crippen LogP contribution >= 0.6 is 0 Å². The van der Waals surface area contributed by atoms with Crippen LogP contribution in [-0.2, 0) is 11.3 Å². The monoisotopic (exact) mass is 354 g/mol. The van der Waals surface area contributed by atoms with E-state index in [9.17, 15) is 9.18 Å². The molecule has 1 aromatic rings. The number of likely N-dealkylation sites (tertiary alicyclic amines) is 1. The lowest BCUT2D eigenvalue weighted by Gasteiger charge is -2.32. The lowest BCUT2D eigenvalue weighted by Crippen LogP contribution is -2.48. The minimum atomic E-state index is -1.32. The number of piperidine rings is 1. The summed E-state index contributed by atoms with van der Waals surface area (Å²) in [5.74, 6) is 0.248. The highest BCUT2D eigenvalue weighted by molar-refractivity contribution is 6.09. The van der Waals surface area contributed by atoms with Crippen molar-refractivity contribution in [3.63, 3.8) is 0 Å². The molecule has 2 saturated heterocycles. The fourth-order valence-corrected chi connectivity index (χ4v) is 4.00. The van der Waals surface area contributed by atoms with Crippen molar-refractivity contribution < 1.29 is 9.18 Å². The Balaban J connectivity index is 1.46. The Hall–Kier alpha value is -2.27. The highest BCUT2D eigenvalue weighted by atomic mass is 19.1. The topological polar surface area (TPSA) is 47.9 Å². The first-order valence-corrected chi connectivity index (χ1v) is 9.04.